The highest BCUT2D eigenvalue weighted by Crippen LogP contribution is 2.20. The zero-order valence-corrected chi connectivity index (χ0v) is 14.3. The lowest BCUT2D eigenvalue weighted by atomic mass is 10.1. The highest BCUT2D eigenvalue weighted by atomic mass is 16.3. The van der Waals surface area contributed by atoms with Gasteiger partial charge in [0.15, 0.2) is 5.65 Å². The van der Waals surface area contributed by atoms with E-state index in [1.165, 1.54) is 0 Å². The molecular formula is C20H18N4O2. The molecular weight excluding hydrogens is 328 g/mol. The maximum atomic E-state index is 12.4. The summed E-state index contributed by atoms with van der Waals surface area (Å²) >= 11 is 0. The molecule has 130 valence electrons. The van der Waals surface area contributed by atoms with Crippen LogP contribution in [0.4, 0.5) is 0 Å². The second kappa shape index (κ2) is 6.84. The van der Waals surface area contributed by atoms with Crippen LogP contribution < -0.4 is 5.32 Å². The van der Waals surface area contributed by atoms with E-state index in [4.69, 9.17) is 4.42 Å². The maximum Gasteiger partial charge on any atom is 0.256 e. The van der Waals surface area contributed by atoms with Crippen molar-refractivity contribution in [2.24, 2.45) is 0 Å². The molecule has 3 heterocycles. The van der Waals surface area contributed by atoms with Gasteiger partial charge in [-0.05, 0) is 37.1 Å². The summed E-state index contributed by atoms with van der Waals surface area (Å²) in [7, 11) is 0. The fourth-order valence-corrected chi connectivity index (χ4v) is 2.86. The van der Waals surface area contributed by atoms with E-state index in [2.05, 4.69) is 15.4 Å². The molecule has 26 heavy (non-hydrogen) atoms. The zero-order valence-electron chi connectivity index (χ0n) is 14.3. The van der Waals surface area contributed by atoms with E-state index in [1.54, 1.807) is 23.2 Å². The lowest BCUT2D eigenvalue weighted by Crippen LogP contribution is -2.25. The summed E-state index contributed by atoms with van der Waals surface area (Å²) < 4.78 is 7.05. The van der Waals surface area contributed by atoms with Crippen molar-refractivity contribution < 1.29 is 9.21 Å². The van der Waals surface area contributed by atoms with Gasteiger partial charge in [-0.1, -0.05) is 24.3 Å². The SMILES string of the molecule is Cc1ccnc2c(C(=O)NCCc3ccc(-c4ccco4)cc3)cnn12. The minimum Gasteiger partial charge on any atom is -0.464 e. The highest BCUT2D eigenvalue weighted by Gasteiger charge is 2.14. The van der Waals surface area contributed by atoms with Crippen LogP contribution in [0.5, 0.6) is 0 Å². The van der Waals surface area contributed by atoms with Crippen LogP contribution in [0, 0.1) is 6.92 Å². The van der Waals surface area contributed by atoms with Gasteiger partial charge in [-0.3, -0.25) is 4.79 Å². The molecule has 1 aromatic carbocycles. The number of nitrogens with zero attached hydrogens (tertiary/aromatic N) is 3. The third-order valence-electron chi connectivity index (χ3n) is 4.29. The van der Waals surface area contributed by atoms with Gasteiger partial charge >= 0.3 is 0 Å². The Kier molecular flexibility index (Phi) is 4.23. The minimum atomic E-state index is -0.162. The molecule has 4 rings (SSSR count). The number of amides is 1. The normalized spacial score (nSPS) is 11.0. The van der Waals surface area contributed by atoms with E-state index in [-0.39, 0.29) is 5.91 Å². The Morgan fingerprint density at radius 1 is 1.19 bits per heavy atom. The number of hydrogen-bond donors (Lipinski definition) is 1. The van der Waals surface area contributed by atoms with E-state index in [0.29, 0.717) is 17.8 Å². The minimum absolute atomic E-state index is 0.162. The van der Waals surface area contributed by atoms with Crippen LogP contribution in [0.15, 0.2) is 65.5 Å². The molecule has 0 saturated heterocycles. The number of carbonyl (C=O) groups is 1. The molecule has 0 bridgehead atoms. The molecule has 3 aromatic heterocycles. The topological polar surface area (TPSA) is 72.4 Å². The van der Waals surface area contributed by atoms with Crippen molar-refractivity contribution in [3.63, 3.8) is 0 Å². The fraction of sp³-hybridized carbons (Fsp3) is 0.150. The van der Waals surface area contributed by atoms with Crippen LogP contribution in [0.2, 0.25) is 0 Å². The Hall–Kier alpha value is -3.41. The third-order valence-corrected chi connectivity index (χ3v) is 4.29. The summed E-state index contributed by atoms with van der Waals surface area (Å²) in [6.45, 7) is 2.47. The smallest absolute Gasteiger partial charge is 0.256 e. The van der Waals surface area contributed by atoms with Gasteiger partial charge in [-0.25, -0.2) is 9.50 Å². The summed E-state index contributed by atoms with van der Waals surface area (Å²) in [6, 6.07) is 13.8. The quantitative estimate of drug-likeness (QED) is 0.602. The van der Waals surface area contributed by atoms with Gasteiger partial charge in [0.1, 0.15) is 11.3 Å². The maximum absolute atomic E-state index is 12.4. The van der Waals surface area contributed by atoms with Crippen molar-refractivity contribution in [1.29, 1.82) is 0 Å². The first kappa shape index (κ1) is 16.1. The molecule has 0 spiro atoms. The van der Waals surface area contributed by atoms with Gasteiger partial charge in [-0.15, -0.1) is 0 Å². The Morgan fingerprint density at radius 2 is 2.04 bits per heavy atom. The molecule has 6 heteroatoms. The first-order valence-corrected chi connectivity index (χ1v) is 8.43. The number of aromatic nitrogens is 3. The molecule has 0 aliphatic rings. The highest BCUT2D eigenvalue weighted by molar-refractivity contribution is 5.99. The largest absolute Gasteiger partial charge is 0.464 e. The second-order valence-electron chi connectivity index (χ2n) is 6.06. The molecule has 0 aliphatic heterocycles. The van der Waals surface area contributed by atoms with E-state index in [1.807, 2.05) is 49.4 Å². The van der Waals surface area contributed by atoms with E-state index >= 15 is 0 Å². The van der Waals surface area contributed by atoms with Crippen LogP contribution in [0.3, 0.4) is 0 Å². The second-order valence-corrected chi connectivity index (χ2v) is 6.06. The Bertz CT molecular complexity index is 1030. The predicted molar refractivity (Wildman–Crippen MR) is 97.9 cm³/mol. The van der Waals surface area contributed by atoms with E-state index in [0.717, 1.165) is 29.0 Å². The summed E-state index contributed by atoms with van der Waals surface area (Å²) in [5.74, 6) is 0.686. The Labute approximate surface area is 150 Å². The van der Waals surface area contributed by atoms with Gasteiger partial charge in [0.2, 0.25) is 0 Å². The monoisotopic (exact) mass is 346 g/mol. The first-order chi connectivity index (χ1) is 12.7. The summed E-state index contributed by atoms with van der Waals surface area (Å²) in [5, 5.41) is 7.16. The van der Waals surface area contributed by atoms with Crippen molar-refractivity contribution in [2.45, 2.75) is 13.3 Å². The average molecular weight is 346 g/mol. The number of benzene rings is 1. The number of fused-ring (bicyclic) bond motifs is 1. The number of nitrogens with one attached hydrogen (secondary N) is 1. The van der Waals surface area contributed by atoms with E-state index < -0.39 is 0 Å². The molecule has 0 atom stereocenters. The number of carbonyl (C=O) groups excluding carboxylic acids is 1. The standard InChI is InChI=1S/C20H18N4O2/c1-14-8-10-21-19-17(13-23-24(14)19)20(25)22-11-9-15-4-6-16(7-5-15)18-3-2-12-26-18/h2-8,10,12-13H,9,11H2,1H3,(H,22,25). The van der Waals surface area contributed by atoms with Crippen LogP contribution in [-0.2, 0) is 6.42 Å². The molecule has 1 amide bonds. The number of hydrogen-bond acceptors (Lipinski definition) is 4. The van der Waals surface area contributed by atoms with Gasteiger partial charge in [0, 0.05) is 24.0 Å². The average Bonchev–Trinajstić information content (AvgIpc) is 3.33. The molecule has 6 nitrogen and oxygen atoms in total. The Morgan fingerprint density at radius 3 is 2.81 bits per heavy atom. The fourth-order valence-electron chi connectivity index (χ4n) is 2.86. The van der Waals surface area contributed by atoms with Gasteiger partial charge in [0.25, 0.3) is 5.91 Å². The predicted octanol–water partition coefficient (Wildman–Crippen LogP) is 3.27. The lowest BCUT2D eigenvalue weighted by Gasteiger charge is -2.05. The van der Waals surface area contributed by atoms with Gasteiger partial charge in [0.05, 0.1) is 12.5 Å². The molecule has 0 fully saturated rings. The molecule has 4 aromatic rings. The summed E-state index contributed by atoms with van der Waals surface area (Å²) in [5.41, 5.74) is 4.18. The van der Waals surface area contributed by atoms with Crippen LogP contribution in [0.1, 0.15) is 21.6 Å². The first-order valence-electron chi connectivity index (χ1n) is 8.43. The third kappa shape index (κ3) is 3.09. The molecule has 0 aliphatic carbocycles. The van der Waals surface area contributed by atoms with Crippen LogP contribution in [0.25, 0.3) is 17.0 Å². The van der Waals surface area contributed by atoms with Gasteiger partial charge < -0.3 is 9.73 Å². The van der Waals surface area contributed by atoms with E-state index in [9.17, 15) is 4.79 Å². The molecule has 0 unspecified atom stereocenters. The van der Waals surface area contributed by atoms with Gasteiger partial charge in [-0.2, -0.15) is 5.10 Å². The number of rotatable bonds is 5. The zero-order chi connectivity index (χ0) is 17.9. The number of furan rings is 1. The summed E-state index contributed by atoms with van der Waals surface area (Å²) in [4.78, 5) is 16.7. The van der Waals surface area contributed by atoms with Crippen LogP contribution >= 0.6 is 0 Å². The van der Waals surface area contributed by atoms with Crippen molar-refractivity contribution in [1.82, 2.24) is 19.9 Å². The molecule has 0 radical (unpaired) electrons. The van der Waals surface area contributed by atoms with Crippen molar-refractivity contribution in [3.05, 3.63) is 77.9 Å². The van der Waals surface area contributed by atoms with Crippen LogP contribution in [-0.4, -0.2) is 27.0 Å². The summed E-state index contributed by atoms with van der Waals surface area (Å²) in [6.07, 6.45) is 5.65. The number of aryl methyl sites for hydroxylation is 1. The molecule has 0 saturated carbocycles. The Balaban J connectivity index is 1.38. The van der Waals surface area contributed by atoms with Crippen molar-refractivity contribution in [3.8, 4) is 11.3 Å². The molecule has 1 N–H and O–H groups in total. The lowest BCUT2D eigenvalue weighted by molar-refractivity contribution is 0.0955. The van der Waals surface area contributed by atoms with Crippen molar-refractivity contribution >= 4 is 11.6 Å². The van der Waals surface area contributed by atoms with Crippen molar-refractivity contribution in [2.75, 3.05) is 6.54 Å².